The number of aromatic nitrogens is 4. The van der Waals surface area contributed by atoms with E-state index < -0.39 is 23.3 Å². The zero-order chi connectivity index (χ0) is 25.0. The SMILES string of the molecule is CC(C)(C)c1[nH]cnc1/C=c1\[nH]c(=O)/c(=C/c2ccc(Cl)cc2)[nH]c1=O.O=C(O)C(F)(F)F. The standard InChI is InChI=1S/C19H19ClN4O2.C2HF3O2/c1-19(2,3)16-13(21-10-22-16)9-15-18(26)23-14(17(25)24-15)8-11-4-6-12(20)7-5-11;3-2(4,5)1(6)7/h4-10H,1-3H3,(H,21,22)(H,23,26)(H,24,25);(H,6,7)/b14-8-,15-9-;. The van der Waals surface area contributed by atoms with Gasteiger partial charge in [0.25, 0.3) is 11.1 Å². The minimum Gasteiger partial charge on any atom is -0.475 e. The van der Waals surface area contributed by atoms with Gasteiger partial charge >= 0.3 is 12.1 Å². The van der Waals surface area contributed by atoms with Gasteiger partial charge in [0.2, 0.25) is 0 Å². The second-order valence-electron chi connectivity index (χ2n) is 7.79. The Morgan fingerprint density at radius 1 is 1.00 bits per heavy atom. The first-order valence-corrected chi connectivity index (χ1v) is 9.72. The Labute approximate surface area is 189 Å². The normalized spacial score (nSPS) is 12.9. The van der Waals surface area contributed by atoms with Crippen molar-refractivity contribution in [3.63, 3.8) is 0 Å². The zero-order valence-electron chi connectivity index (χ0n) is 17.7. The van der Waals surface area contributed by atoms with Gasteiger partial charge < -0.3 is 20.1 Å². The summed E-state index contributed by atoms with van der Waals surface area (Å²) in [5.41, 5.74) is 1.31. The number of aliphatic carboxylic acids is 1. The summed E-state index contributed by atoms with van der Waals surface area (Å²) in [5, 5.41) is 8.05. The number of carboxylic acid groups (broad SMARTS) is 1. The Balaban J connectivity index is 0.000000479. The number of H-pyrrole nitrogens is 3. The fourth-order valence-electron chi connectivity index (χ4n) is 2.57. The molecule has 0 amide bonds. The summed E-state index contributed by atoms with van der Waals surface area (Å²) >= 11 is 5.85. The van der Waals surface area contributed by atoms with Gasteiger partial charge in [-0.05, 0) is 29.8 Å². The van der Waals surface area contributed by atoms with E-state index in [-0.39, 0.29) is 16.1 Å². The molecule has 0 aliphatic heterocycles. The van der Waals surface area contributed by atoms with Gasteiger partial charge in [-0.15, -0.1) is 0 Å². The first kappa shape index (κ1) is 25.7. The topological polar surface area (TPSA) is 132 Å². The maximum Gasteiger partial charge on any atom is 0.490 e. The average Bonchev–Trinajstić information content (AvgIpc) is 3.16. The van der Waals surface area contributed by atoms with E-state index in [0.717, 1.165) is 11.3 Å². The molecule has 33 heavy (non-hydrogen) atoms. The number of nitrogens with zero attached hydrogens (tertiary/aromatic N) is 1. The maximum absolute atomic E-state index is 12.4. The summed E-state index contributed by atoms with van der Waals surface area (Å²) < 4.78 is 31.7. The predicted molar refractivity (Wildman–Crippen MR) is 116 cm³/mol. The summed E-state index contributed by atoms with van der Waals surface area (Å²) in [6.45, 7) is 6.11. The minimum atomic E-state index is -5.08. The highest BCUT2D eigenvalue weighted by Gasteiger charge is 2.38. The van der Waals surface area contributed by atoms with E-state index in [1.165, 1.54) is 0 Å². The molecular weight excluding hydrogens is 465 g/mol. The maximum atomic E-state index is 12.4. The molecule has 1 aromatic carbocycles. The first-order valence-electron chi connectivity index (χ1n) is 9.34. The van der Waals surface area contributed by atoms with Crippen LogP contribution in [0.5, 0.6) is 0 Å². The molecule has 12 heteroatoms. The third-order valence-electron chi connectivity index (χ3n) is 4.11. The van der Waals surface area contributed by atoms with Crippen LogP contribution in [0.4, 0.5) is 13.2 Å². The molecule has 176 valence electrons. The Morgan fingerprint density at radius 2 is 1.48 bits per heavy atom. The second-order valence-corrected chi connectivity index (χ2v) is 8.23. The number of hydrogen-bond donors (Lipinski definition) is 4. The molecule has 3 rings (SSSR count). The van der Waals surface area contributed by atoms with E-state index in [0.29, 0.717) is 10.7 Å². The number of aromatic amines is 3. The van der Waals surface area contributed by atoms with E-state index in [1.807, 2.05) is 20.8 Å². The summed E-state index contributed by atoms with van der Waals surface area (Å²) in [4.78, 5) is 46.2. The highest BCUT2D eigenvalue weighted by molar-refractivity contribution is 6.30. The molecule has 0 aliphatic carbocycles. The molecule has 2 aromatic heterocycles. The van der Waals surface area contributed by atoms with Crippen molar-refractivity contribution in [1.29, 1.82) is 0 Å². The lowest BCUT2D eigenvalue weighted by atomic mass is 9.90. The molecule has 8 nitrogen and oxygen atoms in total. The van der Waals surface area contributed by atoms with Gasteiger partial charge in [-0.25, -0.2) is 9.78 Å². The Kier molecular flexibility index (Phi) is 7.70. The van der Waals surface area contributed by atoms with Crippen molar-refractivity contribution in [3.05, 3.63) is 84.0 Å². The fourth-order valence-corrected chi connectivity index (χ4v) is 2.70. The van der Waals surface area contributed by atoms with E-state index in [9.17, 15) is 22.8 Å². The van der Waals surface area contributed by atoms with Gasteiger partial charge in [-0.2, -0.15) is 13.2 Å². The molecule has 0 bridgehead atoms. The minimum absolute atomic E-state index is 0.154. The third-order valence-corrected chi connectivity index (χ3v) is 4.36. The van der Waals surface area contributed by atoms with Crippen LogP contribution in [-0.2, 0) is 10.2 Å². The van der Waals surface area contributed by atoms with Crippen molar-refractivity contribution in [2.45, 2.75) is 32.4 Å². The van der Waals surface area contributed by atoms with Crippen molar-refractivity contribution in [1.82, 2.24) is 19.9 Å². The third kappa shape index (κ3) is 7.21. The average molecular weight is 485 g/mol. The van der Waals surface area contributed by atoms with Crippen LogP contribution in [0.15, 0.2) is 40.2 Å². The van der Waals surface area contributed by atoms with Crippen LogP contribution in [0.2, 0.25) is 5.02 Å². The molecule has 0 saturated heterocycles. The number of rotatable bonds is 2. The van der Waals surface area contributed by atoms with E-state index in [4.69, 9.17) is 21.5 Å². The molecule has 4 N–H and O–H groups in total. The molecule has 0 spiro atoms. The molecule has 3 aromatic rings. The number of halogens is 4. The number of carbonyl (C=O) groups is 1. The smallest absolute Gasteiger partial charge is 0.475 e. The van der Waals surface area contributed by atoms with Crippen LogP contribution in [0, 0.1) is 0 Å². The van der Waals surface area contributed by atoms with Gasteiger partial charge in [0.1, 0.15) is 10.7 Å². The molecule has 0 saturated carbocycles. The highest BCUT2D eigenvalue weighted by Crippen LogP contribution is 2.22. The summed E-state index contributed by atoms with van der Waals surface area (Å²) in [7, 11) is 0. The lowest BCUT2D eigenvalue weighted by Gasteiger charge is -2.16. The first-order chi connectivity index (χ1) is 15.2. The van der Waals surface area contributed by atoms with Gasteiger partial charge in [0.05, 0.1) is 12.0 Å². The van der Waals surface area contributed by atoms with Crippen molar-refractivity contribution in [2.24, 2.45) is 0 Å². The van der Waals surface area contributed by atoms with Crippen LogP contribution in [-0.4, -0.2) is 37.2 Å². The number of benzene rings is 1. The van der Waals surface area contributed by atoms with E-state index >= 15 is 0 Å². The van der Waals surface area contributed by atoms with Crippen LogP contribution in [0.25, 0.3) is 12.2 Å². The van der Waals surface area contributed by atoms with Gasteiger partial charge in [0.15, 0.2) is 0 Å². The van der Waals surface area contributed by atoms with Crippen LogP contribution >= 0.6 is 11.6 Å². The van der Waals surface area contributed by atoms with Crippen LogP contribution < -0.4 is 21.8 Å². The predicted octanol–water partition coefficient (Wildman–Crippen LogP) is 2.03. The van der Waals surface area contributed by atoms with Gasteiger partial charge in [-0.3, -0.25) is 9.59 Å². The number of nitrogens with one attached hydrogen (secondary N) is 3. The number of hydrogen-bond acceptors (Lipinski definition) is 4. The monoisotopic (exact) mass is 484 g/mol. The highest BCUT2D eigenvalue weighted by atomic mass is 35.5. The Morgan fingerprint density at radius 3 is 1.94 bits per heavy atom. The number of carboxylic acids is 1. The Hall–Kier alpha value is -3.60. The molecular formula is C21H20ClF3N4O4. The summed E-state index contributed by atoms with van der Waals surface area (Å²) in [6.07, 6.45) is -0.347. The van der Waals surface area contributed by atoms with Crippen molar-refractivity contribution < 1.29 is 23.1 Å². The zero-order valence-corrected chi connectivity index (χ0v) is 18.4. The van der Waals surface area contributed by atoms with Crippen molar-refractivity contribution in [2.75, 3.05) is 0 Å². The molecule has 0 atom stereocenters. The van der Waals surface area contributed by atoms with Crippen LogP contribution in [0.3, 0.4) is 0 Å². The summed E-state index contributed by atoms with van der Waals surface area (Å²) in [5.74, 6) is -2.76. The van der Waals surface area contributed by atoms with E-state index in [2.05, 4.69) is 19.9 Å². The second kappa shape index (κ2) is 9.90. The number of alkyl halides is 3. The largest absolute Gasteiger partial charge is 0.490 e. The van der Waals surface area contributed by atoms with Crippen molar-refractivity contribution >= 4 is 29.7 Å². The Bertz CT molecular complexity index is 1360. The lowest BCUT2D eigenvalue weighted by molar-refractivity contribution is -0.192. The molecule has 0 fully saturated rings. The summed E-state index contributed by atoms with van der Waals surface area (Å²) in [6, 6.07) is 6.96. The fraction of sp³-hybridized carbons (Fsp3) is 0.238. The van der Waals surface area contributed by atoms with Crippen LogP contribution in [0.1, 0.15) is 37.7 Å². The van der Waals surface area contributed by atoms with Gasteiger partial charge in [0, 0.05) is 16.1 Å². The molecule has 2 heterocycles. The molecule has 0 unspecified atom stereocenters. The molecule has 0 radical (unpaired) electrons. The van der Waals surface area contributed by atoms with Gasteiger partial charge in [-0.1, -0.05) is 44.5 Å². The quantitative estimate of drug-likeness (QED) is 0.442. The number of imidazole rings is 1. The molecule has 0 aliphatic rings. The lowest BCUT2D eigenvalue weighted by Crippen LogP contribution is -2.46. The van der Waals surface area contributed by atoms with E-state index in [1.54, 1.807) is 42.7 Å². The van der Waals surface area contributed by atoms with Crippen molar-refractivity contribution in [3.8, 4) is 0 Å².